The van der Waals surface area contributed by atoms with Crippen LogP contribution in [0.3, 0.4) is 0 Å². The molecule has 3 aromatic carbocycles. The molecule has 9 heteroatoms. The van der Waals surface area contributed by atoms with Gasteiger partial charge in [0.2, 0.25) is 0 Å². The van der Waals surface area contributed by atoms with Crippen molar-refractivity contribution in [3.05, 3.63) is 84.4 Å². The van der Waals surface area contributed by atoms with Gasteiger partial charge in [0.05, 0.1) is 12.0 Å². The summed E-state index contributed by atoms with van der Waals surface area (Å²) in [7, 11) is -2.21. The Bertz CT molecular complexity index is 1210. The second-order valence-electron chi connectivity index (χ2n) is 8.24. The zero-order valence-corrected chi connectivity index (χ0v) is 20.4. The zero-order chi connectivity index (χ0) is 24.7. The summed E-state index contributed by atoms with van der Waals surface area (Å²) in [4.78, 5) is 16.8. The van der Waals surface area contributed by atoms with E-state index < -0.39 is 10.0 Å². The predicted molar refractivity (Wildman–Crippen MR) is 134 cm³/mol. The molecule has 1 aliphatic heterocycles. The number of piperazine rings is 1. The van der Waals surface area contributed by atoms with Gasteiger partial charge in [0.25, 0.3) is 15.9 Å². The van der Waals surface area contributed by atoms with Crippen LogP contribution in [-0.2, 0) is 21.4 Å². The minimum absolute atomic E-state index is 0.0813. The fourth-order valence-electron chi connectivity index (χ4n) is 3.82. The lowest BCUT2D eigenvalue weighted by Gasteiger charge is -2.34. The van der Waals surface area contributed by atoms with E-state index in [0.717, 1.165) is 19.6 Å². The average molecular weight is 496 g/mol. The summed E-state index contributed by atoms with van der Waals surface area (Å²) >= 11 is 0. The van der Waals surface area contributed by atoms with E-state index >= 15 is 0 Å². The van der Waals surface area contributed by atoms with E-state index in [1.807, 2.05) is 18.2 Å². The topological polar surface area (TPSA) is 88.2 Å². The lowest BCUT2D eigenvalue weighted by Crippen LogP contribution is -2.49. The average Bonchev–Trinajstić information content (AvgIpc) is 2.89. The van der Waals surface area contributed by atoms with Crippen molar-refractivity contribution in [2.75, 3.05) is 44.6 Å². The number of sulfonamides is 1. The second kappa shape index (κ2) is 11.2. The Labute approximate surface area is 206 Å². The molecule has 3 aromatic rings. The van der Waals surface area contributed by atoms with E-state index in [4.69, 9.17) is 9.47 Å². The summed E-state index contributed by atoms with van der Waals surface area (Å²) in [6.07, 6.45) is 0. The summed E-state index contributed by atoms with van der Waals surface area (Å²) in [6, 6.07) is 22.9. The summed E-state index contributed by atoms with van der Waals surface area (Å²) in [5, 5.41) is 0. The molecule has 1 heterocycles. The van der Waals surface area contributed by atoms with Gasteiger partial charge in [0.15, 0.2) is 6.61 Å². The number of ether oxygens (including phenoxy) is 2. The number of rotatable bonds is 9. The van der Waals surface area contributed by atoms with Crippen molar-refractivity contribution in [2.24, 2.45) is 0 Å². The summed E-state index contributed by atoms with van der Waals surface area (Å²) in [6.45, 7) is 3.73. The molecule has 0 aromatic heterocycles. The zero-order valence-electron chi connectivity index (χ0n) is 19.6. The van der Waals surface area contributed by atoms with Crippen LogP contribution in [0, 0.1) is 0 Å². The maximum Gasteiger partial charge on any atom is 0.261 e. The first kappa shape index (κ1) is 24.6. The number of carbonyl (C=O) groups excluding carboxylic acids is 1. The smallest absolute Gasteiger partial charge is 0.261 e. The van der Waals surface area contributed by atoms with Crippen molar-refractivity contribution in [2.45, 2.75) is 11.4 Å². The summed E-state index contributed by atoms with van der Waals surface area (Å²) in [5.41, 5.74) is 1.70. The fourth-order valence-corrected chi connectivity index (χ4v) is 4.88. The maximum atomic E-state index is 12.6. The number of methoxy groups -OCH3 is 1. The largest absolute Gasteiger partial charge is 0.497 e. The molecule has 0 radical (unpaired) electrons. The second-order valence-corrected chi connectivity index (χ2v) is 9.92. The van der Waals surface area contributed by atoms with E-state index in [9.17, 15) is 13.2 Å². The molecule has 0 spiro atoms. The van der Waals surface area contributed by atoms with E-state index in [2.05, 4.69) is 21.8 Å². The van der Waals surface area contributed by atoms with Gasteiger partial charge in [-0.1, -0.05) is 30.3 Å². The van der Waals surface area contributed by atoms with Crippen LogP contribution < -0.4 is 14.2 Å². The Morgan fingerprint density at radius 3 is 2.11 bits per heavy atom. The fraction of sp³-hybridized carbons (Fsp3) is 0.269. The predicted octanol–water partition coefficient (Wildman–Crippen LogP) is 3.22. The van der Waals surface area contributed by atoms with Crippen LogP contribution in [0.2, 0.25) is 0 Å². The first-order valence-electron chi connectivity index (χ1n) is 11.4. The third kappa shape index (κ3) is 6.74. The minimum atomic E-state index is -3.75. The van der Waals surface area contributed by atoms with Crippen LogP contribution in [0.25, 0.3) is 0 Å². The van der Waals surface area contributed by atoms with Crippen LogP contribution in [0.5, 0.6) is 11.5 Å². The Morgan fingerprint density at radius 1 is 0.857 bits per heavy atom. The quantitative estimate of drug-likeness (QED) is 0.491. The van der Waals surface area contributed by atoms with Crippen molar-refractivity contribution in [3.63, 3.8) is 0 Å². The Balaban J connectivity index is 1.24. The highest BCUT2D eigenvalue weighted by molar-refractivity contribution is 7.92. The first-order chi connectivity index (χ1) is 16.9. The van der Waals surface area contributed by atoms with Gasteiger partial charge in [0, 0.05) is 38.4 Å². The van der Waals surface area contributed by atoms with Gasteiger partial charge in [0.1, 0.15) is 11.5 Å². The molecule has 8 nitrogen and oxygen atoms in total. The highest BCUT2D eigenvalue weighted by Gasteiger charge is 2.21. The van der Waals surface area contributed by atoms with Gasteiger partial charge in [-0.15, -0.1) is 0 Å². The highest BCUT2D eigenvalue weighted by Crippen LogP contribution is 2.21. The first-order valence-corrected chi connectivity index (χ1v) is 12.8. The third-order valence-corrected chi connectivity index (χ3v) is 7.21. The molecule has 1 amide bonds. The van der Waals surface area contributed by atoms with Gasteiger partial charge in [-0.3, -0.25) is 14.4 Å². The molecule has 0 bridgehead atoms. The van der Waals surface area contributed by atoms with Crippen molar-refractivity contribution in [3.8, 4) is 11.5 Å². The molecule has 4 rings (SSSR count). The molecule has 1 fully saturated rings. The van der Waals surface area contributed by atoms with Gasteiger partial charge in [-0.2, -0.15) is 0 Å². The number of hydrogen-bond donors (Lipinski definition) is 1. The highest BCUT2D eigenvalue weighted by atomic mass is 32.2. The lowest BCUT2D eigenvalue weighted by atomic mass is 10.2. The summed E-state index contributed by atoms with van der Waals surface area (Å²) in [5.74, 6) is 0.991. The van der Waals surface area contributed by atoms with Crippen molar-refractivity contribution in [1.82, 2.24) is 9.80 Å². The molecule has 0 saturated carbocycles. The molecular formula is C26H29N3O5S. The molecule has 1 N–H and O–H groups in total. The van der Waals surface area contributed by atoms with E-state index in [-0.39, 0.29) is 17.4 Å². The summed E-state index contributed by atoms with van der Waals surface area (Å²) < 4.78 is 38.5. The number of anilines is 1. The van der Waals surface area contributed by atoms with Gasteiger partial charge in [-0.25, -0.2) is 8.42 Å². The third-order valence-electron chi connectivity index (χ3n) is 5.81. The lowest BCUT2D eigenvalue weighted by molar-refractivity contribution is -0.135. The van der Waals surface area contributed by atoms with Crippen LogP contribution in [-0.4, -0.2) is 64.0 Å². The standard InChI is InChI=1S/C26H29N3O5S/c1-33-23-9-7-22(8-10-23)27-35(31,32)25-13-11-24(12-14-25)34-20-26(30)29-17-15-28(16-18-29)19-21-5-3-2-4-6-21/h2-14,27H,15-20H2,1H3. The minimum Gasteiger partial charge on any atom is -0.497 e. The number of amides is 1. The number of benzene rings is 3. The molecule has 0 aliphatic carbocycles. The van der Waals surface area contributed by atoms with Crippen molar-refractivity contribution >= 4 is 21.6 Å². The van der Waals surface area contributed by atoms with Gasteiger partial charge in [-0.05, 0) is 54.1 Å². The van der Waals surface area contributed by atoms with Gasteiger partial charge >= 0.3 is 0 Å². The van der Waals surface area contributed by atoms with Crippen molar-refractivity contribution < 1.29 is 22.7 Å². The molecule has 35 heavy (non-hydrogen) atoms. The Hall–Kier alpha value is -3.56. The van der Waals surface area contributed by atoms with Crippen molar-refractivity contribution in [1.29, 1.82) is 0 Å². The number of nitrogens with one attached hydrogen (secondary N) is 1. The SMILES string of the molecule is COc1ccc(NS(=O)(=O)c2ccc(OCC(=O)N3CCN(Cc4ccccc4)CC3)cc2)cc1. The van der Waals surface area contributed by atoms with Crippen LogP contribution in [0.1, 0.15) is 5.56 Å². The van der Waals surface area contributed by atoms with Crippen LogP contribution in [0.4, 0.5) is 5.69 Å². The van der Waals surface area contributed by atoms with Crippen LogP contribution >= 0.6 is 0 Å². The Kier molecular flexibility index (Phi) is 7.89. The molecular weight excluding hydrogens is 466 g/mol. The molecule has 0 atom stereocenters. The van der Waals surface area contributed by atoms with E-state index in [1.165, 1.54) is 17.7 Å². The van der Waals surface area contributed by atoms with Gasteiger partial charge < -0.3 is 14.4 Å². The van der Waals surface area contributed by atoms with E-state index in [0.29, 0.717) is 30.3 Å². The van der Waals surface area contributed by atoms with Crippen LogP contribution in [0.15, 0.2) is 83.8 Å². The number of carbonyl (C=O) groups is 1. The molecule has 0 unspecified atom stereocenters. The monoisotopic (exact) mass is 495 g/mol. The maximum absolute atomic E-state index is 12.6. The number of hydrogen-bond acceptors (Lipinski definition) is 6. The molecule has 1 saturated heterocycles. The Morgan fingerprint density at radius 2 is 1.49 bits per heavy atom. The molecule has 184 valence electrons. The number of nitrogens with zero attached hydrogens (tertiary/aromatic N) is 2. The molecule has 1 aliphatic rings. The normalized spacial score (nSPS) is 14.4. The van der Waals surface area contributed by atoms with E-state index in [1.54, 1.807) is 48.4 Å².